The van der Waals surface area contributed by atoms with E-state index in [-0.39, 0.29) is 35.6 Å². The van der Waals surface area contributed by atoms with Crippen LogP contribution in [0.2, 0.25) is 0 Å². The number of urea groups is 1. The summed E-state index contributed by atoms with van der Waals surface area (Å²) in [6.07, 6.45) is 1.50. The number of likely N-dealkylation sites (tertiary alicyclic amines) is 1. The van der Waals surface area contributed by atoms with Crippen molar-refractivity contribution in [2.75, 3.05) is 19.6 Å². The third kappa shape index (κ3) is 3.81. The molecule has 2 fully saturated rings. The van der Waals surface area contributed by atoms with E-state index >= 15 is 0 Å². The molecular weight excluding hydrogens is 408 g/mol. The normalized spacial score (nSPS) is 24.3. The Hall–Kier alpha value is -3.42. The van der Waals surface area contributed by atoms with Gasteiger partial charge in [-0.2, -0.15) is 0 Å². The number of carbonyl (C=O) groups excluding carboxylic acids is 3. The Labute approximate surface area is 185 Å². The van der Waals surface area contributed by atoms with Crippen molar-refractivity contribution in [1.29, 1.82) is 0 Å². The van der Waals surface area contributed by atoms with Gasteiger partial charge in [0.2, 0.25) is 5.91 Å². The van der Waals surface area contributed by atoms with Crippen molar-refractivity contribution in [3.8, 4) is 0 Å². The topological polar surface area (TPSA) is 91.7 Å². The predicted octanol–water partition coefficient (Wildman–Crippen LogP) is 1.35. The average molecular weight is 434 g/mol. The molecule has 3 atom stereocenters. The monoisotopic (exact) mass is 434 g/mol. The van der Waals surface area contributed by atoms with Crippen molar-refractivity contribution in [2.24, 2.45) is 5.92 Å². The van der Waals surface area contributed by atoms with Gasteiger partial charge >= 0.3 is 6.03 Å². The summed E-state index contributed by atoms with van der Waals surface area (Å²) in [5, 5.41) is 2.68. The molecule has 1 aromatic heterocycles. The first kappa shape index (κ1) is 20.5. The molecule has 0 saturated carbocycles. The Morgan fingerprint density at radius 2 is 1.78 bits per heavy atom. The molecule has 166 valence electrons. The molecular formula is C24H26N4O4. The summed E-state index contributed by atoms with van der Waals surface area (Å²) in [4.78, 5) is 53.4. The molecule has 8 nitrogen and oxygen atoms in total. The fourth-order valence-corrected chi connectivity index (χ4v) is 5.22. The summed E-state index contributed by atoms with van der Waals surface area (Å²) in [6, 6.07) is 13.7. The first-order valence-corrected chi connectivity index (χ1v) is 11.1. The number of fused-ring (bicyclic) bond motifs is 4. The lowest BCUT2D eigenvalue weighted by atomic mass is 9.83. The van der Waals surface area contributed by atoms with Gasteiger partial charge < -0.3 is 14.8 Å². The summed E-state index contributed by atoms with van der Waals surface area (Å²) in [5.41, 5.74) is 2.03. The summed E-state index contributed by atoms with van der Waals surface area (Å²) < 4.78 is 1.83. The second-order valence-corrected chi connectivity index (χ2v) is 8.93. The quantitative estimate of drug-likeness (QED) is 0.719. The van der Waals surface area contributed by atoms with Crippen molar-refractivity contribution < 1.29 is 14.4 Å². The molecule has 0 aliphatic carbocycles. The number of carbonyl (C=O) groups is 3. The van der Waals surface area contributed by atoms with Crippen LogP contribution in [-0.4, -0.2) is 57.9 Å². The first-order chi connectivity index (χ1) is 15.5. The van der Waals surface area contributed by atoms with E-state index in [2.05, 4.69) is 5.32 Å². The van der Waals surface area contributed by atoms with Crippen LogP contribution in [0.4, 0.5) is 4.79 Å². The zero-order valence-corrected chi connectivity index (χ0v) is 17.8. The highest BCUT2D eigenvalue weighted by molar-refractivity contribution is 6.05. The van der Waals surface area contributed by atoms with Gasteiger partial charge in [0.15, 0.2) is 0 Å². The van der Waals surface area contributed by atoms with Crippen molar-refractivity contribution in [3.05, 3.63) is 70.1 Å². The molecule has 0 radical (unpaired) electrons. The Kier molecular flexibility index (Phi) is 5.28. The van der Waals surface area contributed by atoms with Crippen LogP contribution < -0.4 is 10.9 Å². The molecule has 0 unspecified atom stereocenters. The maximum Gasteiger partial charge on any atom is 0.324 e. The minimum absolute atomic E-state index is 0.00633. The lowest BCUT2D eigenvalue weighted by Gasteiger charge is -2.43. The lowest BCUT2D eigenvalue weighted by Crippen LogP contribution is -2.50. The number of rotatable bonds is 5. The van der Waals surface area contributed by atoms with E-state index in [1.54, 1.807) is 17.0 Å². The van der Waals surface area contributed by atoms with Gasteiger partial charge in [0.05, 0.1) is 6.42 Å². The minimum atomic E-state index is -0.817. The van der Waals surface area contributed by atoms with Gasteiger partial charge in [-0.05, 0) is 30.4 Å². The largest absolute Gasteiger partial charge is 0.342 e. The zero-order chi connectivity index (χ0) is 22.2. The number of amides is 4. The Balaban J connectivity index is 1.21. The molecule has 4 heterocycles. The average Bonchev–Trinajstić information content (AvgIpc) is 3.06. The number of hydrogen-bond donors (Lipinski definition) is 1. The Morgan fingerprint density at radius 1 is 0.969 bits per heavy atom. The fraction of sp³-hybridized carbons (Fsp3) is 0.417. The molecule has 4 amide bonds. The van der Waals surface area contributed by atoms with Gasteiger partial charge in [-0.15, -0.1) is 0 Å². The van der Waals surface area contributed by atoms with Crippen molar-refractivity contribution >= 4 is 17.8 Å². The van der Waals surface area contributed by atoms with Gasteiger partial charge in [-0.1, -0.05) is 36.4 Å². The van der Waals surface area contributed by atoms with Gasteiger partial charge in [0, 0.05) is 43.9 Å². The van der Waals surface area contributed by atoms with Gasteiger partial charge in [0.25, 0.3) is 11.5 Å². The van der Waals surface area contributed by atoms with E-state index < -0.39 is 12.1 Å². The third-order valence-corrected chi connectivity index (χ3v) is 6.79. The van der Waals surface area contributed by atoms with E-state index in [0.717, 1.165) is 17.7 Å². The molecule has 5 rings (SSSR count). The maximum atomic E-state index is 13.0. The van der Waals surface area contributed by atoms with Crippen LogP contribution in [0.5, 0.6) is 0 Å². The standard InChI is InChI=1S/C24H26N4O4/c29-21-8-4-7-20-18-11-17(14-28(20)21)13-26(15-18)22(30)12-19-23(31)27(24(32)25-19)10-9-16-5-2-1-3-6-16/h1-8,17-19H,9-15H2,(H,25,32)/t17-,18+,19-/m0/s1. The summed E-state index contributed by atoms with van der Waals surface area (Å²) in [6.45, 7) is 2.01. The van der Waals surface area contributed by atoms with Crippen LogP contribution in [0.15, 0.2) is 53.3 Å². The van der Waals surface area contributed by atoms with Gasteiger partial charge in [-0.25, -0.2) is 4.79 Å². The van der Waals surface area contributed by atoms with Crippen LogP contribution in [0.1, 0.15) is 30.0 Å². The molecule has 3 aliphatic heterocycles. The second kappa shape index (κ2) is 8.26. The molecule has 2 aromatic rings. The molecule has 0 spiro atoms. The van der Waals surface area contributed by atoms with Crippen LogP contribution in [-0.2, 0) is 22.6 Å². The van der Waals surface area contributed by atoms with Crippen molar-refractivity contribution in [1.82, 2.24) is 19.7 Å². The van der Waals surface area contributed by atoms with E-state index in [0.29, 0.717) is 32.6 Å². The van der Waals surface area contributed by atoms with Crippen LogP contribution in [0.3, 0.4) is 0 Å². The van der Waals surface area contributed by atoms with E-state index in [1.807, 2.05) is 41.0 Å². The zero-order valence-electron chi connectivity index (χ0n) is 17.8. The smallest absolute Gasteiger partial charge is 0.324 e. The van der Waals surface area contributed by atoms with E-state index in [4.69, 9.17) is 0 Å². The number of aromatic nitrogens is 1. The fourth-order valence-electron chi connectivity index (χ4n) is 5.22. The SMILES string of the molecule is O=C(C[C@@H]1NC(=O)N(CCc2ccccc2)C1=O)N1C[C@@H]2C[C@H](C1)c1cccc(=O)n1C2. The highest BCUT2D eigenvalue weighted by atomic mass is 16.2. The molecule has 2 bridgehead atoms. The number of pyridine rings is 1. The number of hydrogen-bond acceptors (Lipinski definition) is 4. The number of imide groups is 1. The Morgan fingerprint density at radius 3 is 2.59 bits per heavy atom. The summed E-state index contributed by atoms with van der Waals surface area (Å²) >= 11 is 0. The highest BCUT2D eigenvalue weighted by Gasteiger charge is 2.41. The molecule has 8 heteroatoms. The molecule has 1 aromatic carbocycles. The minimum Gasteiger partial charge on any atom is -0.342 e. The Bertz CT molecular complexity index is 1110. The van der Waals surface area contributed by atoms with Crippen LogP contribution >= 0.6 is 0 Å². The van der Waals surface area contributed by atoms with Crippen LogP contribution in [0, 0.1) is 5.92 Å². The van der Waals surface area contributed by atoms with Gasteiger partial charge in [-0.3, -0.25) is 19.3 Å². The molecule has 3 aliphatic rings. The second-order valence-electron chi connectivity index (χ2n) is 8.93. The third-order valence-electron chi connectivity index (χ3n) is 6.79. The number of piperidine rings is 1. The molecule has 2 saturated heterocycles. The lowest BCUT2D eigenvalue weighted by molar-refractivity contribution is -0.137. The summed E-state index contributed by atoms with van der Waals surface area (Å²) in [7, 11) is 0. The van der Waals surface area contributed by atoms with Gasteiger partial charge in [0.1, 0.15) is 6.04 Å². The maximum absolute atomic E-state index is 13.0. The highest BCUT2D eigenvalue weighted by Crippen LogP contribution is 2.35. The predicted molar refractivity (Wildman–Crippen MR) is 117 cm³/mol. The molecule has 1 N–H and O–H groups in total. The number of nitrogens with one attached hydrogen (secondary N) is 1. The van der Waals surface area contributed by atoms with Crippen molar-refractivity contribution in [3.63, 3.8) is 0 Å². The summed E-state index contributed by atoms with van der Waals surface area (Å²) in [5.74, 6) is -0.124. The van der Waals surface area contributed by atoms with E-state index in [9.17, 15) is 19.2 Å². The number of benzene rings is 1. The van der Waals surface area contributed by atoms with Crippen molar-refractivity contribution in [2.45, 2.75) is 37.8 Å². The molecule has 32 heavy (non-hydrogen) atoms. The van der Waals surface area contributed by atoms with Crippen LogP contribution in [0.25, 0.3) is 0 Å². The van der Waals surface area contributed by atoms with E-state index in [1.165, 1.54) is 4.90 Å². The number of nitrogens with zero attached hydrogens (tertiary/aromatic N) is 3. The first-order valence-electron chi connectivity index (χ1n) is 11.1.